The third kappa shape index (κ3) is 3.11. The van der Waals surface area contributed by atoms with Crippen LogP contribution in [0.3, 0.4) is 0 Å². The smallest absolute Gasteiger partial charge is 0.229 e. The third-order valence-corrected chi connectivity index (χ3v) is 4.51. The highest BCUT2D eigenvalue weighted by atomic mass is 16.5. The number of H-pyrrole nitrogens is 1. The molecule has 132 valence electrons. The number of amides is 1. The Kier molecular flexibility index (Phi) is 4.27. The Morgan fingerprint density at radius 3 is 3.00 bits per heavy atom. The predicted molar refractivity (Wildman–Crippen MR) is 99.1 cm³/mol. The summed E-state index contributed by atoms with van der Waals surface area (Å²) >= 11 is 0. The number of anilines is 2. The maximum atomic E-state index is 12.7. The summed E-state index contributed by atoms with van der Waals surface area (Å²) in [6.07, 6.45) is 5.77. The van der Waals surface area contributed by atoms with Gasteiger partial charge in [-0.2, -0.15) is 5.10 Å². The molecule has 4 rings (SSSR count). The van der Waals surface area contributed by atoms with Gasteiger partial charge in [-0.05, 0) is 18.1 Å². The van der Waals surface area contributed by atoms with E-state index in [1.807, 2.05) is 24.3 Å². The Morgan fingerprint density at radius 2 is 2.19 bits per heavy atom. The molecule has 1 aliphatic heterocycles. The molecule has 0 fully saturated rings. The lowest BCUT2D eigenvalue weighted by atomic mass is 9.93. The van der Waals surface area contributed by atoms with Gasteiger partial charge < -0.3 is 15.4 Å². The number of hydrogen-bond acceptors (Lipinski definition) is 5. The molecular weight excluding hydrogens is 330 g/mol. The molecule has 1 amide bonds. The molecule has 3 heterocycles. The second-order valence-corrected chi connectivity index (χ2v) is 6.19. The first-order chi connectivity index (χ1) is 12.7. The first kappa shape index (κ1) is 16.1. The number of para-hydroxylation sites is 1. The number of methoxy groups -OCH3 is 1. The molecule has 1 aromatic carbocycles. The quantitative estimate of drug-likeness (QED) is 0.673. The van der Waals surface area contributed by atoms with Crippen LogP contribution in [0.25, 0.3) is 11.3 Å². The van der Waals surface area contributed by atoms with Gasteiger partial charge in [-0.3, -0.25) is 14.9 Å². The maximum Gasteiger partial charge on any atom is 0.229 e. The molecule has 0 bridgehead atoms. The van der Waals surface area contributed by atoms with E-state index in [2.05, 4.69) is 25.8 Å². The molecule has 2 aromatic heterocycles. The highest BCUT2D eigenvalue weighted by Gasteiger charge is 2.24. The van der Waals surface area contributed by atoms with Crippen LogP contribution in [0.15, 0.2) is 48.9 Å². The van der Waals surface area contributed by atoms with Crippen LogP contribution >= 0.6 is 0 Å². The first-order valence-electron chi connectivity index (χ1n) is 8.40. The molecule has 3 N–H and O–H groups in total. The molecule has 0 aliphatic carbocycles. The van der Waals surface area contributed by atoms with Gasteiger partial charge in [0.15, 0.2) is 0 Å². The zero-order valence-corrected chi connectivity index (χ0v) is 14.3. The number of hydrogen-bond donors (Lipinski definition) is 3. The van der Waals surface area contributed by atoms with E-state index in [1.54, 1.807) is 31.8 Å². The molecule has 0 radical (unpaired) electrons. The number of aromatic nitrogens is 3. The number of aromatic amines is 1. The average molecular weight is 349 g/mol. The minimum Gasteiger partial charge on any atom is -0.494 e. The average Bonchev–Trinajstić information content (AvgIpc) is 3.22. The number of carbonyl (C=O) groups is 1. The largest absolute Gasteiger partial charge is 0.494 e. The highest BCUT2D eigenvalue weighted by Crippen LogP contribution is 2.30. The van der Waals surface area contributed by atoms with Gasteiger partial charge in [0.1, 0.15) is 11.4 Å². The number of carbonyl (C=O) groups excluding carboxylic acids is 1. The normalized spacial score (nSPS) is 15.7. The number of rotatable bonds is 4. The van der Waals surface area contributed by atoms with Crippen LogP contribution in [0, 0.1) is 5.92 Å². The van der Waals surface area contributed by atoms with Gasteiger partial charge in [-0.25, -0.2) is 0 Å². The van der Waals surface area contributed by atoms with Crippen molar-refractivity contribution < 1.29 is 9.53 Å². The second kappa shape index (κ2) is 6.87. The summed E-state index contributed by atoms with van der Waals surface area (Å²) in [5.74, 6) is 0.410. The first-order valence-corrected chi connectivity index (χ1v) is 8.40. The fourth-order valence-corrected chi connectivity index (χ4v) is 3.14. The molecule has 1 aliphatic rings. The van der Waals surface area contributed by atoms with Crippen LogP contribution in [-0.4, -0.2) is 34.7 Å². The van der Waals surface area contributed by atoms with E-state index in [-0.39, 0.29) is 11.8 Å². The van der Waals surface area contributed by atoms with Crippen molar-refractivity contribution in [2.75, 3.05) is 24.3 Å². The number of ether oxygens (including phenoxy) is 1. The highest BCUT2D eigenvalue weighted by molar-refractivity contribution is 5.94. The van der Waals surface area contributed by atoms with E-state index in [0.29, 0.717) is 30.1 Å². The lowest BCUT2D eigenvalue weighted by Gasteiger charge is -2.25. The lowest BCUT2D eigenvalue weighted by molar-refractivity contribution is -0.119. The van der Waals surface area contributed by atoms with Crippen molar-refractivity contribution in [3.05, 3.63) is 54.5 Å². The van der Waals surface area contributed by atoms with Gasteiger partial charge in [-0.15, -0.1) is 0 Å². The predicted octanol–water partition coefficient (Wildman–Crippen LogP) is 2.70. The zero-order valence-electron chi connectivity index (χ0n) is 14.3. The van der Waals surface area contributed by atoms with Crippen molar-refractivity contribution in [1.82, 2.24) is 15.2 Å². The van der Waals surface area contributed by atoms with E-state index >= 15 is 0 Å². The van der Waals surface area contributed by atoms with Crippen molar-refractivity contribution in [2.24, 2.45) is 5.92 Å². The van der Waals surface area contributed by atoms with E-state index in [9.17, 15) is 4.79 Å². The van der Waals surface area contributed by atoms with Gasteiger partial charge >= 0.3 is 0 Å². The molecule has 7 nitrogen and oxygen atoms in total. The summed E-state index contributed by atoms with van der Waals surface area (Å²) in [5.41, 5.74) is 4.37. The molecule has 7 heteroatoms. The van der Waals surface area contributed by atoms with Gasteiger partial charge in [0.05, 0.1) is 31.1 Å². The van der Waals surface area contributed by atoms with E-state index in [1.165, 1.54) is 0 Å². The van der Waals surface area contributed by atoms with Crippen molar-refractivity contribution in [1.29, 1.82) is 0 Å². The zero-order chi connectivity index (χ0) is 17.9. The van der Waals surface area contributed by atoms with E-state index < -0.39 is 0 Å². The summed E-state index contributed by atoms with van der Waals surface area (Å²) in [7, 11) is 1.58. The molecule has 0 saturated carbocycles. The van der Waals surface area contributed by atoms with Crippen LogP contribution in [-0.2, 0) is 11.2 Å². The maximum absolute atomic E-state index is 12.7. The van der Waals surface area contributed by atoms with Gasteiger partial charge in [0, 0.05) is 30.1 Å². The number of nitrogens with zero attached hydrogens (tertiary/aromatic N) is 2. The third-order valence-electron chi connectivity index (χ3n) is 4.51. The number of pyridine rings is 1. The molecule has 3 aromatic rings. The molecule has 0 saturated heterocycles. The molecular formula is C19H19N5O2. The van der Waals surface area contributed by atoms with Crippen molar-refractivity contribution in [2.45, 2.75) is 6.42 Å². The Bertz CT molecular complexity index is 923. The molecule has 0 spiro atoms. The summed E-state index contributed by atoms with van der Waals surface area (Å²) in [6, 6.07) is 9.84. The van der Waals surface area contributed by atoms with Crippen LogP contribution in [0.4, 0.5) is 11.4 Å². The van der Waals surface area contributed by atoms with Gasteiger partial charge in [0.25, 0.3) is 0 Å². The minimum atomic E-state index is -0.135. The topological polar surface area (TPSA) is 91.9 Å². The van der Waals surface area contributed by atoms with Crippen LogP contribution in [0.1, 0.15) is 5.56 Å². The van der Waals surface area contributed by atoms with Gasteiger partial charge in [-0.1, -0.05) is 18.2 Å². The Labute approximate surface area is 150 Å². The number of nitrogens with one attached hydrogen (secondary N) is 3. The van der Waals surface area contributed by atoms with Crippen molar-refractivity contribution in [3.63, 3.8) is 0 Å². The number of fused-ring (bicyclic) bond motifs is 1. The molecule has 1 atom stereocenters. The van der Waals surface area contributed by atoms with Crippen molar-refractivity contribution >= 4 is 17.3 Å². The van der Waals surface area contributed by atoms with E-state index in [0.717, 1.165) is 16.8 Å². The Morgan fingerprint density at radius 1 is 1.31 bits per heavy atom. The van der Waals surface area contributed by atoms with Gasteiger partial charge in [0.2, 0.25) is 5.91 Å². The lowest BCUT2D eigenvalue weighted by Crippen LogP contribution is -2.33. The summed E-state index contributed by atoms with van der Waals surface area (Å²) in [5, 5.41) is 12.9. The van der Waals surface area contributed by atoms with Crippen molar-refractivity contribution in [3.8, 4) is 17.0 Å². The Balaban J connectivity index is 1.50. The molecule has 1 unspecified atom stereocenters. The van der Waals surface area contributed by atoms with E-state index in [4.69, 9.17) is 4.74 Å². The summed E-state index contributed by atoms with van der Waals surface area (Å²) in [6.45, 7) is 0.612. The minimum absolute atomic E-state index is 0.0353. The number of benzene rings is 1. The standard InChI is InChI=1S/C19H19N5O2/c1-26-17-7-15(11-21-18(17)14-9-22-23-10-14)24-19(25)13-6-12-4-2-3-5-16(12)20-8-13/h2-5,7,9-11,13,20H,6,8H2,1H3,(H,22,23)(H,24,25). The Hall–Kier alpha value is -3.35. The van der Waals surface area contributed by atoms with Crippen LogP contribution in [0.5, 0.6) is 5.75 Å². The summed E-state index contributed by atoms with van der Waals surface area (Å²) in [4.78, 5) is 17.1. The SMILES string of the molecule is COc1cc(NC(=O)C2CNc3ccccc3C2)cnc1-c1cn[nH]c1. The molecule has 26 heavy (non-hydrogen) atoms. The summed E-state index contributed by atoms with van der Waals surface area (Å²) < 4.78 is 5.42. The fraction of sp³-hybridized carbons (Fsp3) is 0.211. The van der Waals surface area contributed by atoms with Crippen LogP contribution < -0.4 is 15.4 Å². The monoisotopic (exact) mass is 349 g/mol. The fourth-order valence-electron chi connectivity index (χ4n) is 3.14. The van der Waals surface area contributed by atoms with Crippen LogP contribution in [0.2, 0.25) is 0 Å². The second-order valence-electron chi connectivity index (χ2n) is 6.19.